The lowest BCUT2D eigenvalue weighted by Crippen LogP contribution is -2.32. The number of amides is 2. The van der Waals surface area contributed by atoms with Crippen molar-refractivity contribution in [1.29, 1.82) is 0 Å². The van der Waals surface area contributed by atoms with Crippen LogP contribution in [0.3, 0.4) is 0 Å². The molecule has 1 aromatic carbocycles. The summed E-state index contributed by atoms with van der Waals surface area (Å²) in [6, 6.07) is 10.1. The number of carbonyl (C=O) groups is 2. The molecule has 0 spiro atoms. The van der Waals surface area contributed by atoms with Crippen molar-refractivity contribution < 1.29 is 14.7 Å². The molecule has 164 valence electrons. The molecule has 3 heterocycles. The summed E-state index contributed by atoms with van der Waals surface area (Å²) in [4.78, 5) is 37.0. The van der Waals surface area contributed by atoms with E-state index in [9.17, 15) is 14.7 Å². The van der Waals surface area contributed by atoms with Crippen LogP contribution in [0, 0.1) is 0 Å². The monoisotopic (exact) mass is 434 g/mol. The minimum atomic E-state index is -0.606. The maximum absolute atomic E-state index is 12.2. The number of carbonyl (C=O) groups excluding carboxylic acids is 2. The molecule has 1 aliphatic rings. The van der Waals surface area contributed by atoms with Crippen molar-refractivity contribution in [2.24, 2.45) is 5.84 Å². The van der Waals surface area contributed by atoms with Crippen molar-refractivity contribution in [1.82, 2.24) is 25.7 Å². The summed E-state index contributed by atoms with van der Waals surface area (Å²) in [6.45, 7) is 0.305. The van der Waals surface area contributed by atoms with Gasteiger partial charge in [-0.25, -0.2) is 10.8 Å². The van der Waals surface area contributed by atoms with Crippen molar-refractivity contribution in [2.75, 3.05) is 23.8 Å². The van der Waals surface area contributed by atoms with Gasteiger partial charge in [-0.2, -0.15) is 4.98 Å². The summed E-state index contributed by atoms with van der Waals surface area (Å²) in [5, 5.41) is 18.8. The summed E-state index contributed by atoms with van der Waals surface area (Å²) in [6.07, 6.45) is 3.66. The highest BCUT2D eigenvalue weighted by molar-refractivity contribution is 5.98. The van der Waals surface area contributed by atoms with Gasteiger partial charge in [0.15, 0.2) is 0 Å². The Hall–Kier alpha value is -4.09. The molecule has 3 aromatic rings. The van der Waals surface area contributed by atoms with Crippen LogP contribution in [0.5, 0.6) is 0 Å². The molecule has 1 aliphatic heterocycles. The maximum atomic E-state index is 12.2. The van der Waals surface area contributed by atoms with E-state index in [1.807, 2.05) is 6.07 Å². The number of hydrazine groups is 1. The van der Waals surface area contributed by atoms with E-state index >= 15 is 0 Å². The van der Waals surface area contributed by atoms with Gasteiger partial charge in [-0.15, -0.1) is 0 Å². The Morgan fingerprint density at radius 1 is 1.25 bits per heavy atom. The summed E-state index contributed by atoms with van der Waals surface area (Å²) < 4.78 is 0. The zero-order chi connectivity index (χ0) is 22.5. The SMILES string of the molecule is NNC(=O)c1cnc(Nc2ccc3c(c2)CCNC3=O)nc1N[C@H](CO)c1ccccn1. The molecule has 2 aromatic heterocycles. The van der Waals surface area contributed by atoms with Crippen LogP contribution in [0.1, 0.15) is 38.0 Å². The van der Waals surface area contributed by atoms with Crippen molar-refractivity contribution in [3.8, 4) is 0 Å². The first-order valence-corrected chi connectivity index (χ1v) is 9.93. The number of pyridine rings is 1. The van der Waals surface area contributed by atoms with Gasteiger partial charge in [-0.05, 0) is 42.3 Å². The number of aliphatic hydroxyl groups excluding tert-OH is 1. The second kappa shape index (κ2) is 9.37. The molecule has 2 amide bonds. The van der Waals surface area contributed by atoms with Crippen LogP contribution in [-0.2, 0) is 6.42 Å². The van der Waals surface area contributed by atoms with Crippen molar-refractivity contribution >= 4 is 29.3 Å². The molecule has 0 radical (unpaired) electrons. The predicted molar refractivity (Wildman–Crippen MR) is 117 cm³/mol. The van der Waals surface area contributed by atoms with Gasteiger partial charge in [0.05, 0.1) is 18.3 Å². The Balaban J connectivity index is 1.63. The minimum Gasteiger partial charge on any atom is -0.394 e. The first kappa shape index (κ1) is 21.2. The number of nitrogens with one attached hydrogen (secondary N) is 4. The zero-order valence-electron chi connectivity index (χ0n) is 17.0. The lowest BCUT2D eigenvalue weighted by molar-refractivity contribution is 0.0941. The van der Waals surface area contributed by atoms with E-state index < -0.39 is 11.9 Å². The molecule has 0 unspecified atom stereocenters. The number of nitrogen functional groups attached to an aromatic ring is 1. The second-order valence-corrected chi connectivity index (χ2v) is 7.07. The molecule has 4 rings (SSSR count). The molecular weight excluding hydrogens is 412 g/mol. The number of hydrogen-bond acceptors (Lipinski definition) is 9. The number of anilines is 3. The fourth-order valence-corrected chi connectivity index (χ4v) is 3.39. The summed E-state index contributed by atoms with van der Waals surface area (Å²) >= 11 is 0. The highest BCUT2D eigenvalue weighted by atomic mass is 16.3. The van der Waals surface area contributed by atoms with Crippen molar-refractivity contribution in [3.63, 3.8) is 0 Å². The number of nitrogens with two attached hydrogens (primary N) is 1. The first-order valence-electron chi connectivity index (χ1n) is 9.93. The van der Waals surface area contributed by atoms with E-state index in [4.69, 9.17) is 5.84 Å². The number of aromatic nitrogens is 3. The fourth-order valence-electron chi connectivity index (χ4n) is 3.39. The topological polar surface area (TPSA) is 167 Å². The molecule has 7 N–H and O–H groups in total. The lowest BCUT2D eigenvalue weighted by Gasteiger charge is -2.19. The second-order valence-electron chi connectivity index (χ2n) is 7.07. The van der Waals surface area contributed by atoms with E-state index in [1.165, 1.54) is 6.20 Å². The molecule has 32 heavy (non-hydrogen) atoms. The Kier molecular flexibility index (Phi) is 6.19. The molecule has 0 aliphatic carbocycles. The van der Waals surface area contributed by atoms with Gasteiger partial charge in [0, 0.05) is 30.2 Å². The van der Waals surface area contributed by atoms with Gasteiger partial charge in [-0.3, -0.25) is 20.0 Å². The van der Waals surface area contributed by atoms with Crippen LogP contribution in [0.4, 0.5) is 17.5 Å². The smallest absolute Gasteiger partial charge is 0.270 e. The lowest BCUT2D eigenvalue weighted by atomic mass is 10.00. The van der Waals surface area contributed by atoms with E-state index in [1.54, 1.807) is 36.5 Å². The van der Waals surface area contributed by atoms with Gasteiger partial charge in [0.2, 0.25) is 5.95 Å². The molecule has 0 bridgehead atoms. The van der Waals surface area contributed by atoms with Crippen molar-refractivity contribution in [2.45, 2.75) is 12.5 Å². The third-order valence-corrected chi connectivity index (χ3v) is 4.99. The number of fused-ring (bicyclic) bond motifs is 1. The Labute approximate surface area is 183 Å². The van der Waals surface area contributed by atoms with Gasteiger partial charge in [0.1, 0.15) is 11.4 Å². The third-order valence-electron chi connectivity index (χ3n) is 4.99. The molecule has 11 nitrogen and oxygen atoms in total. The predicted octanol–water partition coefficient (Wildman–Crippen LogP) is 0.650. The Morgan fingerprint density at radius 2 is 2.12 bits per heavy atom. The largest absolute Gasteiger partial charge is 0.394 e. The van der Waals surface area contributed by atoms with E-state index in [2.05, 4.69) is 36.3 Å². The average Bonchev–Trinajstić information content (AvgIpc) is 2.83. The van der Waals surface area contributed by atoms with Gasteiger partial charge >= 0.3 is 0 Å². The van der Waals surface area contributed by atoms with Crippen LogP contribution in [0.25, 0.3) is 0 Å². The number of hydrogen-bond donors (Lipinski definition) is 6. The average molecular weight is 434 g/mol. The Morgan fingerprint density at radius 3 is 2.88 bits per heavy atom. The Bertz CT molecular complexity index is 1140. The number of aliphatic hydroxyl groups is 1. The molecule has 0 saturated heterocycles. The highest BCUT2D eigenvalue weighted by Gasteiger charge is 2.20. The highest BCUT2D eigenvalue weighted by Crippen LogP contribution is 2.24. The van der Waals surface area contributed by atoms with E-state index in [0.717, 1.165) is 12.0 Å². The van der Waals surface area contributed by atoms with Crippen LogP contribution in [0.15, 0.2) is 48.8 Å². The van der Waals surface area contributed by atoms with E-state index in [-0.39, 0.29) is 29.8 Å². The molecular formula is C21H22N8O3. The van der Waals surface area contributed by atoms with Crippen molar-refractivity contribution in [3.05, 3.63) is 71.2 Å². The minimum absolute atomic E-state index is 0.0951. The molecule has 11 heteroatoms. The zero-order valence-corrected chi connectivity index (χ0v) is 17.0. The van der Waals surface area contributed by atoms with Crippen LogP contribution < -0.4 is 27.2 Å². The maximum Gasteiger partial charge on any atom is 0.270 e. The number of benzene rings is 1. The van der Waals surface area contributed by atoms with Crippen LogP contribution >= 0.6 is 0 Å². The summed E-state index contributed by atoms with van der Waals surface area (Å²) in [7, 11) is 0. The van der Waals surface area contributed by atoms with Crippen LogP contribution in [-0.4, -0.2) is 45.0 Å². The van der Waals surface area contributed by atoms with Gasteiger partial charge in [0.25, 0.3) is 11.8 Å². The quantitative estimate of drug-likeness (QED) is 0.178. The number of rotatable bonds is 7. The molecule has 1 atom stereocenters. The molecule has 0 fully saturated rings. The number of nitrogens with zero attached hydrogens (tertiary/aromatic N) is 3. The van der Waals surface area contributed by atoms with Gasteiger partial charge < -0.3 is 21.1 Å². The standard InChI is InChI=1S/C21H22N8O3/c22-29-20(32)15-10-25-21(26-13-4-5-14-12(9-13)6-8-24-19(14)31)28-18(15)27-17(11-30)16-3-1-2-7-23-16/h1-5,7,9-10,17,30H,6,8,11,22H2,(H,24,31)(H,29,32)(H2,25,26,27,28)/t17-/m1/s1. The van der Waals surface area contributed by atoms with Gasteiger partial charge in [-0.1, -0.05) is 6.07 Å². The fraction of sp³-hybridized carbons (Fsp3) is 0.190. The molecule has 0 saturated carbocycles. The first-order chi connectivity index (χ1) is 15.6. The summed E-state index contributed by atoms with van der Waals surface area (Å²) in [5.74, 6) is 5.01. The van der Waals surface area contributed by atoms with E-state index in [0.29, 0.717) is 23.5 Å². The summed E-state index contributed by atoms with van der Waals surface area (Å²) in [5.41, 5.74) is 5.01. The normalized spacial score (nSPS) is 13.5. The third kappa shape index (κ3) is 4.48. The van der Waals surface area contributed by atoms with Crippen LogP contribution in [0.2, 0.25) is 0 Å².